The topological polar surface area (TPSA) is 95.9 Å². The molecule has 0 aliphatic rings. The van der Waals surface area contributed by atoms with E-state index in [1.165, 1.54) is 225 Å². The molecule has 0 rings (SSSR count). The first kappa shape index (κ1) is 64.1. The van der Waals surface area contributed by atoms with Gasteiger partial charge in [-0.2, -0.15) is 0 Å². The van der Waals surface area contributed by atoms with Gasteiger partial charge in [-0.1, -0.05) is 249 Å². The van der Waals surface area contributed by atoms with Crippen LogP contribution in [0, 0.1) is 0 Å². The van der Waals surface area contributed by atoms with Crippen molar-refractivity contribution in [1.29, 1.82) is 0 Å². The maximum atomic E-state index is 12.4. The van der Waals surface area contributed by atoms with Gasteiger partial charge in [0.1, 0.15) is 0 Å². The first-order valence-corrected chi connectivity index (χ1v) is 29.2. The second kappa shape index (κ2) is 55.7. The molecule has 0 heterocycles. The molecule has 0 aromatic heterocycles. The van der Waals surface area contributed by atoms with Gasteiger partial charge in [0.15, 0.2) is 0 Å². The average Bonchev–Trinajstić information content (AvgIpc) is 3.32. The summed E-state index contributed by atoms with van der Waals surface area (Å²) in [7, 11) is 0. The average molecular weight is 929 g/mol. The van der Waals surface area contributed by atoms with Crippen molar-refractivity contribution in [2.75, 3.05) is 13.2 Å². The second-order valence-corrected chi connectivity index (χ2v) is 20.0. The molecule has 0 aromatic carbocycles. The number of amides is 1. The highest BCUT2D eigenvalue weighted by Gasteiger charge is 2.20. The standard InChI is InChI=1S/C60H113NO5/c1-3-5-7-9-11-13-15-17-18-19-24-27-30-34-38-42-46-50-54-60(65)66-55-51-47-43-39-35-31-28-25-22-20-21-23-26-29-33-37-41-45-49-53-59(64)61-57(56-62)58(63)52-48-44-40-36-32-16-14-12-10-8-6-4-2/h13,15,18-21,57-58,62-63H,3-12,14,16-17,22-56H2,1-2H3,(H,61,64)/b15-13-,19-18-,21-20-. The van der Waals surface area contributed by atoms with E-state index in [-0.39, 0.29) is 18.5 Å². The zero-order chi connectivity index (χ0) is 47.9. The zero-order valence-corrected chi connectivity index (χ0v) is 44.2. The van der Waals surface area contributed by atoms with Crippen LogP contribution in [0.25, 0.3) is 0 Å². The summed E-state index contributed by atoms with van der Waals surface area (Å²) in [6.45, 7) is 4.92. The molecule has 0 bridgehead atoms. The molecule has 66 heavy (non-hydrogen) atoms. The molecule has 6 heteroatoms. The van der Waals surface area contributed by atoms with E-state index in [4.69, 9.17) is 4.74 Å². The maximum Gasteiger partial charge on any atom is 0.305 e. The van der Waals surface area contributed by atoms with Gasteiger partial charge in [0, 0.05) is 12.8 Å². The molecule has 2 atom stereocenters. The number of carbonyl (C=O) groups is 2. The summed E-state index contributed by atoms with van der Waals surface area (Å²) in [5.41, 5.74) is 0. The second-order valence-electron chi connectivity index (χ2n) is 20.0. The number of rotatable bonds is 54. The van der Waals surface area contributed by atoms with Gasteiger partial charge in [0.05, 0.1) is 25.4 Å². The Morgan fingerprint density at radius 2 is 0.758 bits per heavy atom. The van der Waals surface area contributed by atoms with Crippen LogP contribution in [0.2, 0.25) is 0 Å². The number of hydrogen-bond acceptors (Lipinski definition) is 5. The van der Waals surface area contributed by atoms with Gasteiger partial charge in [-0.25, -0.2) is 0 Å². The van der Waals surface area contributed by atoms with Crippen LogP contribution in [0.5, 0.6) is 0 Å². The SMILES string of the molecule is CCCCCC/C=C\C/C=C\CCCCCCCCCC(=O)OCCCCCCCCCC/C=C\CCCCCCCCCC(=O)NC(CO)C(O)CCCCCCCCCCCCCC. The van der Waals surface area contributed by atoms with E-state index in [0.29, 0.717) is 25.9 Å². The Labute approximate surface area is 411 Å². The van der Waals surface area contributed by atoms with Crippen molar-refractivity contribution in [2.45, 2.75) is 321 Å². The fourth-order valence-corrected chi connectivity index (χ4v) is 8.90. The fraction of sp³-hybridized carbons (Fsp3) is 0.867. The molecule has 6 nitrogen and oxygen atoms in total. The smallest absolute Gasteiger partial charge is 0.305 e. The Bertz CT molecular complexity index is 1070. The Morgan fingerprint density at radius 3 is 1.18 bits per heavy atom. The third-order valence-corrected chi connectivity index (χ3v) is 13.4. The molecule has 0 saturated carbocycles. The first-order valence-electron chi connectivity index (χ1n) is 29.2. The summed E-state index contributed by atoms with van der Waals surface area (Å²) >= 11 is 0. The first-order chi connectivity index (χ1) is 32.5. The van der Waals surface area contributed by atoms with Crippen molar-refractivity contribution in [1.82, 2.24) is 5.32 Å². The number of aliphatic hydroxyl groups is 2. The van der Waals surface area contributed by atoms with Gasteiger partial charge < -0.3 is 20.3 Å². The number of allylic oxidation sites excluding steroid dienone is 6. The Hall–Kier alpha value is -1.92. The van der Waals surface area contributed by atoms with Crippen LogP contribution in [-0.2, 0) is 14.3 Å². The molecule has 388 valence electrons. The predicted molar refractivity (Wildman–Crippen MR) is 287 cm³/mol. The number of ether oxygens (including phenoxy) is 1. The van der Waals surface area contributed by atoms with E-state index in [9.17, 15) is 19.8 Å². The summed E-state index contributed by atoms with van der Waals surface area (Å²) in [6, 6.07) is -0.548. The lowest BCUT2D eigenvalue weighted by Crippen LogP contribution is -2.45. The molecule has 0 aliphatic carbocycles. The lowest BCUT2D eigenvalue weighted by Gasteiger charge is -2.22. The van der Waals surface area contributed by atoms with Gasteiger partial charge in [-0.3, -0.25) is 9.59 Å². The number of aliphatic hydroxyl groups excluding tert-OH is 2. The Balaban J connectivity index is 3.43. The van der Waals surface area contributed by atoms with Crippen LogP contribution >= 0.6 is 0 Å². The molecular weight excluding hydrogens is 815 g/mol. The molecule has 0 fully saturated rings. The van der Waals surface area contributed by atoms with Crippen LogP contribution in [0.1, 0.15) is 309 Å². The van der Waals surface area contributed by atoms with E-state index in [0.717, 1.165) is 51.4 Å². The monoisotopic (exact) mass is 928 g/mol. The van der Waals surface area contributed by atoms with E-state index in [2.05, 4.69) is 55.6 Å². The summed E-state index contributed by atoms with van der Waals surface area (Å²) in [6.07, 6.45) is 68.5. The predicted octanol–water partition coefficient (Wildman–Crippen LogP) is 18.0. The highest BCUT2D eigenvalue weighted by molar-refractivity contribution is 5.76. The molecule has 3 N–H and O–H groups in total. The van der Waals surface area contributed by atoms with Gasteiger partial charge in [-0.15, -0.1) is 0 Å². The summed E-state index contributed by atoms with van der Waals surface area (Å²) in [4.78, 5) is 24.5. The molecule has 0 spiro atoms. The highest BCUT2D eigenvalue weighted by atomic mass is 16.5. The van der Waals surface area contributed by atoms with Crippen LogP contribution in [-0.4, -0.2) is 47.4 Å². The van der Waals surface area contributed by atoms with E-state index >= 15 is 0 Å². The fourth-order valence-electron chi connectivity index (χ4n) is 8.90. The van der Waals surface area contributed by atoms with Gasteiger partial charge in [0.25, 0.3) is 0 Å². The third kappa shape index (κ3) is 51.5. The van der Waals surface area contributed by atoms with Crippen LogP contribution < -0.4 is 5.32 Å². The quantitative estimate of drug-likeness (QED) is 0.0321. The number of carbonyl (C=O) groups excluding carboxylic acids is 2. The van der Waals surface area contributed by atoms with Crippen molar-refractivity contribution in [3.05, 3.63) is 36.5 Å². The van der Waals surface area contributed by atoms with Crippen LogP contribution in [0.15, 0.2) is 36.5 Å². The highest BCUT2D eigenvalue weighted by Crippen LogP contribution is 2.16. The molecule has 2 unspecified atom stereocenters. The summed E-state index contributed by atoms with van der Waals surface area (Å²) in [5, 5.41) is 23.2. The van der Waals surface area contributed by atoms with Crippen LogP contribution in [0.4, 0.5) is 0 Å². The minimum atomic E-state index is -0.670. The maximum absolute atomic E-state index is 12.4. The lowest BCUT2D eigenvalue weighted by molar-refractivity contribution is -0.143. The van der Waals surface area contributed by atoms with Gasteiger partial charge in [-0.05, 0) is 83.5 Å². The van der Waals surface area contributed by atoms with E-state index in [1.54, 1.807) is 0 Å². The molecule has 0 radical (unpaired) electrons. The lowest BCUT2D eigenvalue weighted by atomic mass is 10.0. The summed E-state index contributed by atoms with van der Waals surface area (Å²) < 4.78 is 5.48. The van der Waals surface area contributed by atoms with Crippen molar-refractivity contribution in [3.63, 3.8) is 0 Å². The normalized spacial score (nSPS) is 12.8. The van der Waals surface area contributed by atoms with Crippen molar-refractivity contribution in [2.24, 2.45) is 0 Å². The van der Waals surface area contributed by atoms with E-state index < -0.39 is 12.1 Å². The van der Waals surface area contributed by atoms with Crippen molar-refractivity contribution in [3.8, 4) is 0 Å². The summed E-state index contributed by atoms with van der Waals surface area (Å²) in [5.74, 6) is -0.0489. The molecule has 1 amide bonds. The molecular formula is C60H113NO5. The number of unbranched alkanes of at least 4 members (excludes halogenated alkanes) is 37. The number of nitrogens with one attached hydrogen (secondary N) is 1. The zero-order valence-electron chi connectivity index (χ0n) is 44.2. The number of esters is 1. The van der Waals surface area contributed by atoms with Gasteiger partial charge >= 0.3 is 5.97 Å². The van der Waals surface area contributed by atoms with Crippen molar-refractivity contribution >= 4 is 11.9 Å². The van der Waals surface area contributed by atoms with Gasteiger partial charge in [0.2, 0.25) is 5.91 Å². The Morgan fingerprint density at radius 1 is 0.424 bits per heavy atom. The minimum Gasteiger partial charge on any atom is -0.466 e. The molecule has 0 aromatic rings. The number of hydrogen-bond donors (Lipinski definition) is 3. The van der Waals surface area contributed by atoms with Crippen LogP contribution in [0.3, 0.4) is 0 Å². The largest absolute Gasteiger partial charge is 0.466 e. The third-order valence-electron chi connectivity index (χ3n) is 13.4. The Kier molecular flexibility index (Phi) is 54.1. The van der Waals surface area contributed by atoms with Crippen molar-refractivity contribution < 1.29 is 24.5 Å². The molecule has 0 saturated heterocycles. The minimum absolute atomic E-state index is 0.00355. The molecule has 0 aliphatic heterocycles. The van der Waals surface area contributed by atoms with E-state index in [1.807, 2.05) is 0 Å².